The predicted octanol–water partition coefficient (Wildman–Crippen LogP) is 13.4. The number of halogens is 6. The number of fused-ring (bicyclic) bond motifs is 1. The molecular weight excluding hydrogens is 1130 g/mol. The Labute approximate surface area is 431 Å². The largest absolute Gasteiger partial charge is 0.503 e. The number of hydrogen-bond acceptors (Lipinski definition) is 9. The average molecular weight is 1170 g/mol. The molecule has 0 aromatic heterocycles. The molecule has 0 spiro atoms. The van der Waals surface area contributed by atoms with Crippen molar-refractivity contribution in [2.24, 2.45) is 17.8 Å². The number of urea groups is 3. The molecule has 0 atom stereocenters. The van der Waals surface area contributed by atoms with E-state index in [1.54, 1.807) is 6.07 Å². The first kappa shape index (κ1) is 52.2. The van der Waals surface area contributed by atoms with Crippen LogP contribution in [0.15, 0.2) is 104 Å². The number of phenols is 3. The smallest absolute Gasteiger partial charge is 0.323 e. The van der Waals surface area contributed by atoms with Gasteiger partial charge in [0.05, 0.1) is 49.8 Å². The van der Waals surface area contributed by atoms with Gasteiger partial charge in [-0.1, -0.05) is 84.2 Å². The van der Waals surface area contributed by atoms with Gasteiger partial charge in [-0.05, 0) is 104 Å². The zero-order valence-electron chi connectivity index (χ0n) is 38.2. The Hall–Kier alpha value is -6.58. The molecule has 10 rings (SSSR count). The molecule has 4 aliphatic rings. The van der Waals surface area contributed by atoms with E-state index in [0.717, 1.165) is 66.0 Å². The second-order valence-corrected chi connectivity index (χ2v) is 20.0. The van der Waals surface area contributed by atoms with E-state index in [-0.39, 0.29) is 28.6 Å². The maximum Gasteiger partial charge on any atom is 0.323 e. The average Bonchev–Trinajstić information content (AvgIpc) is 3.30. The minimum Gasteiger partial charge on any atom is -0.503 e. The molecule has 0 radical (unpaired) electrons. The SMILES string of the molecule is COc1cc(NC(=O)Nc2cc(Br)cc(F)c2O)cc(OC)c1OC.O=C(Nc1cc(Br)cc(F)c1O)NC12CC3CC(CC(C3)C1)C2.O=C(Nc1cc(Br)cc(F)c1O)Nc1cccc2ccccc12. The topological polar surface area (TPSA) is 212 Å². The number of nitrogens with one attached hydrogen (secondary N) is 6. The maximum atomic E-state index is 13.6. The fourth-order valence-corrected chi connectivity index (χ4v) is 11.0. The molecule has 0 heterocycles. The number of carbonyl (C=O) groups is 3. The molecule has 4 bridgehead atoms. The second-order valence-electron chi connectivity index (χ2n) is 17.2. The van der Waals surface area contributed by atoms with Crippen LogP contribution in [0.5, 0.6) is 34.5 Å². The molecule has 9 N–H and O–H groups in total. The molecule has 4 fully saturated rings. The zero-order chi connectivity index (χ0) is 51.1. The summed E-state index contributed by atoms with van der Waals surface area (Å²) in [4.78, 5) is 36.7. The molecule has 0 aliphatic heterocycles. The monoisotopic (exact) mass is 1170 g/mol. The van der Waals surface area contributed by atoms with Crippen LogP contribution < -0.4 is 46.1 Å². The number of methoxy groups -OCH3 is 3. The molecule has 21 heteroatoms. The van der Waals surface area contributed by atoms with E-state index >= 15 is 0 Å². The Morgan fingerprint density at radius 3 is 1.39 bits per heavy atom. The third-order valence-electron chi connectivity index (χ3n) is 12.2. The number of hydrogen-bond donors (Lipinski definition) is 9. The first-order valence-corrected chi connectivity index (χ1v) is 24.3. The highest BCUT2D eigenvalue weighted by Gasteiger charge is 2.51. The van der Waals surface area contributed by atoms with Crippen molar-refractivity contribution in [1.82, 2.24) is 5.32 Å². The molecule has 6 aromatic rings. The lowest BCUT2D eigenvalue weighted by Crippen LogP contribution is -2.60. The van der Waals surface area contributed by atoms with Crippen molar-refractivity contribution >= 4 is 105 Å². The number of carbonyl (C=O) groups excluding carboxylic acids is 3. The van der Waals surface area contributed by atoms with Crippen LogP contribution in [0.4, 0.5) is 56.0 Å². The Balaban J connectivity index is 0.000000157. The Bertz CT molecular complexity index is 2920. The van der Waals surface area contributed by atoms with E-state index in [4.69, 9.17) is 14.2 Å². The molecular formula is C50H48Br3F3N6O9. The molecule has 4 saturated carbocycles. The van der Waals surface area contributed by atoms with Crippen LogP contribution in [0.1, 0.15) is 38.5 Å². The van der Waals surface area contributed by atoms with Gasteiger partial charge in [-0.15, -0.1) is 0 Å². The van der Waals surface area contributed by atoms with Gasteiger partial charge in [0, 0.05) is 36.5 Å². The number of rotatable bonds is 9. The number of phenolic OH excluding ortho intramolecular Hbond substituents is 3. The summed E-state index contributed by atoms with van der Waals surface area (Å²) in [5.74, 6) is -0.959. The minimum atomic E-state index is -0.863. The number of ether oxygens (including phenoxy) is 3. The van der Waals surface area contributed by atoms with Crippen LogP contribution in [0.25, 0.3) is 10.8 Å². The van der Waals surface area contributed by atoms with Crippen molar-refractivity contribution in [2.75, 3.05) is 47.9 Å². The summed E-state index contributed by atoms with van der Waals surface area (Å²) in [7, 11) is 4.36. The quantitative estimate of drug-likeness (QED) is 0.0630. The van der Waals surface area contributed by atoms with Crippen molar-refractivity contribution in [1.29, 1.82) is 0 Å². The molecule has 0 saturated heterocycles. The molecule has 6 amide bonds. The predicted molar refractivity (Wildman–Crippen MR) is 276 cm³/mol. The highest BCUT2D eigenvalue weighted by Crippen LogP contribution is 2.55. The lowest BCUT2D eigenvalue weighted by molar-refractivity contribution is -0.0127. The minimum absolute atomic E-state index is 0.0189. The van der Waals surface area contributed by atoms with E-state index in [2.05, 4.69) is 79.7 Å². The Morgan fingerprint density at radius 1 is 0.535 bits per heavy atom. The van der Waals surface area contributed by atoms with Crippen LogP contribution in [0.3, 0.4) is 0 Å². The van der Waals surface area contributed by atoms with Gasteiger partial charge >= 0.3 is 18.1 Å². The Kier molecular flexibility index (Phi) is 16.7. The van der Waals surface area contributed by atoms with Crippen LogP contribution in [0.2, 0.25) is 0 Å². The molecule has 71 heavy (non-hydrogen) atoms. The van der Waals surface area contributed by atoms with Gasteiger partial charge in [-0.25, -0.2) is 27.6 Å². The van der Waals surface area contributed by atoms with E-state index in [1.165, 1.54) is 70.9 Å². The van der Waals surface area contributed by atoms with E-state index in [0.29, 0.717) is 42.0 Å². The van der Waals surface area contributed by atoms with E-state index in [1.807, 2.05) is 36.4 Å². The summed E-state index contributed by atoms with van der Waals surface area (Å²) in [5, 5.41) is 46.8. The van der Waals surface area contributed by atoms with Crippen LogP contribution in [0, 0.1) is 35.2 Å². The number of aromatic hydroxyl groups is 3. The normalized spacial score (nSPS) is 18.1. The van der Waals surface area contributed by atoms with Gasteiger partial charge < -0.3 is 61.4 Å². The zero-order valence-corrected chi connectivity index (χ0v) is 43.0. The van der Waals surface area contributed by atoms with Crippen LogP contribution in [-0.2, 0) is 0 Å². The number of anilines is 5. The molecule has 0 unspecified atom stereocenters. The third-order valence-corrected chi connectivity index (χ3v) is 13.6. The van der Waals surface area contributed by atoms with Gasteiger partial charge in [-0.2, -0.15) is 0 Å². The lowest BCUT2D eigenvalue weighted by Gasteiger charge is -2.56. The van der Waals surface area contributed by atoms with Gasteiger partial charge in [-0.3, -0.25) is 0 Å². The van der Waals surface area contributed by atoms with Crippen molar-refractivity contribution in [2.45, 2.75) is 44.1 Å². The summed E-state index contributed by atoms with van der Waals surface area (Å²) in [5.41, 5.74) is 0.835. The summed E-state index contributed by atoms with van der Waals surface area (Å²) in [6, 6.07) is 22.2. The summed E-state index contributed by atoms with van der Waals surface area (Å²) in [6.45, 7) is 0. The fraction of sp³-hybridized carbons (Fsp3) is 0.260. The second kappa shape index (κ2) is 22.7. The van der Waals surface area contributed by atoms with Crippen LogP contribution >= 0.6 is 47.8 Å². The number of benzene rings is 6. The highest BCUT2D eigenvalue weighted by atomic mass is 79.9. The molecule has 4 aliphatic carbocycles. The fourth-order valence-electron chi connectivity index (χ4n) is 9.69. The Morgan fingerprint density at radius 2 is 0.944 bits per heavy atom. The molecule has 6 aromatic carbocycles. The van der Waals surface area contributed by atoms with Gasteiger partial charge in [0.1, 0.15) is 0 Å². The molecule has 374 valence electrons. The summed E-state index contributed by atoms with van der Waals surface area (Å²) >= 11 is 9.37. The van der Waals surface area contributed by atoms with Crippen molar-refractivity contribution < 1.29 is 57.1 Å². The van der Waals surface area contributed by atoms with Gasteiger partial charge in [0.2, 0.25) is 5.75 Å². The molecule has 15 nitrogen and oxygen atoms in total. The van der Waals surface area contributed by atoms with Crippen molar-refractivity contribution in [3.05, 3.63) is 122 Å². The first-order valence-electron chi connectivity index (χ1n) is 21.9. The standard InChI is InChI=1S/C17H20BrFN2O2.C17H12BrFN2O2.C16H16BrFN2O5/c18-12-4-13(19)15(22)14(5-12)20-16(23)21-17-6-9-1-10(7-17)3-11(2-9)8-17;18-11-8-13(19)16(22)15(9-11)21-17(23)20-14-7-3-5-10-4-1-2-6-12(10)14;1-23-12-6-9(7-13(24-2)15(12)25-3)19-16(22)20-11-5-8(17)4-10(18)14(11)21/h4-5,9-11,22H,1-3,6-8H2,(H2,20,21,23);1-9,22H,(H2,20,21,23);4-7,21H,1-3H3,(H2,19,20,22). The summed E-state index contributed by atoms with van der Waals surface area (Å²) in [6.07, 6.45) is 7.06. The van der Waals surface area contributed by atoms with Crippen molar-refractivity contribution in [3.63, 3.8) is 0 Å². The number of amides is 6. The first-order chi connectivity index (χ1) is 33.9. The van der Waals surface area contributed by atoms with Crippen molar-refractivity contribution in [3.8, 4) is 34.5 Å². The summed E-state index contributed by atoms with van der Waals surface area (Å²) < 4.78 is 57.4. The van der Waals surface area contributed by atoms with Gasteiger partial charge in [0.15, 0.2) is 46.2 Å². The lowest BCUT2D eigenvalue weighted by atomic mass is 9.53. The van der Waals surface area contributed by atoms with Crippen LogP contribution in [-0.4, -0.2) is 60.3 Å². The van der Waals surface area contributed by atoms with E-state index < -0.39 is 46.8 Å². The van der Waals surface area contributed by atoms with Gasteiger partial charge in [0.25, 0.3) is 0 Å². The highest BCUT2D eigenvalue weighted by molar-refractivity contribution is 9.11. The third kappa shape index (κ3) is 12.9. The van der Waals surface area contributed by atoms with E-state index in [9.17, 15) is 42.9 Å². The maximum absolute atomic E-state index is 13.6.